The molecule has 1 saturated carbocycles. The number of likely N-dealkylation sites (tertiary alicyclic amines) is 1. The standard InChI is InChI=1S/C14H22N2O/c15-9-12-6-8-17-14(12)10-16-7-5-11-3-1-2-4-13(11)16/h6,8,11,13H,1-5,7,9-10,15H2. The van der Waals surface area contributed by atoms with Gasteiger partial charge >= 0.3 is 0 Å². The zero-order valence-electron chi connectivity index (χ0n) is 10.4. The predicted molar refractivity (Wildman–Crippen MR) is 67.4 cm³/mol. The van der Waals surface area contributed by atoms with Crippen LogP contribution in [-0.2, 0) is 13.1 Å². The van der Waals surface area contributed by atoms with Gasteiger partial charge in [-0.1, -0.05) is 12.8 Å². The molecule has 1 aromatic rings. The molecule has 2 atom stereocenters. The largest absolute Gasteiger partial charge is 0.468 e. The van der Waals surface area contributed by atoms with Crippen LogP contribution in [0.4, 0.5) is 0 Å². The molecule has 0 aromatic carbocycles. The van der Waals surface area contributed by atoms with Crippen molar-refractivity contribution in [3.8, 4) is 0 Å². The van der Waals surface area contributed by atoms with Gasteiger partial charge < -0.3 is 10.2 Å². The Balaban J connectivity index is 1.69. The van der Waals surface area contributed by atoms with Crippen LogP contribution in [0.5, 0.6) is 0 Å². The van der Waals surface area contributed by atoms with Gasteiger partial charge in [-0.2, -0.15) is 0 Å². The molecule has 0 spiro atoms. The van der Waals surface area contributed by atoms with Crippen molar-refractivity contribution < 1.29 is 4.42 Å². The minimum atomic E-state index is 0.591. The highest BCUT2D eigenvalue weighted by Gasteiger charge is 2.35. The SMILES string of the molecule is NCc1ccoc1CN1CCC2CCCCC21. The third kappa shape index (κ3) is 2.14. The molecule has 2 N–H and O–H groups in total. The first kappa shape index (κ1) is 11.3. The summed E-state index contributed by atoms with van der Waals surface area (Å²) in [5, 5.41) is 0. The molecule has 3 nitrogen and oxygen atoms in total. The van der Waals surface area contributed by atoms with Gasteiger partial charge in [-0.25, -0.2) is 0 Å². The Labute approximate surface area is 103 Å². The average Bonchev–Trinajstić information content (AvgIpc) is 2.97. The van der Waals surface area contributed by atoms with Crippen LogP contribution in [-0.4, -0.2) is 17.5 Å². The summed E-state index contributed by atoms with van der Waals surface area (Å²) in [6.45, 7) is 2.79. The maximum atomic E-state index is 5.72. The van der Waals surface area contributed by atoms with Crippen molar-refractivity contribution in [1.82, 2.24) is 4.90 Å². The highest BCUT2D eigenvalue weighted by atomic mass is 16.3. The molecule has 1 aromatic heterocycles. The fourth-order valence-electron chi connectivity index (χ4n) is 3.57. The van der Waals surface area contributed by atoms with E-state index in [9.17, 15) is 0 Å². The summed E-state index contributed by atoms with van der Waals surface area (Å²) in [6.07, 6.45) is 8.80. The zero-order chi connectivity index (χ0) is 11.7. The second-order valence-corrected chi connectivity index (χ2v) is 5.44. The molecular formula is C14H22N2O. The molecule has 94 valence electrons. The highest BCUT2D eigenvalue weighted by Crippen LogP contribution is 2.37. The molecule has 0 radical (unpaired) electrons. The Morgan fingerprint density at radius 1 is 1.29 bits per heavy atom. The van der Waals surface area contributed by atoms with Crippen LogP contribution in [0.1, 0.15) is 43.4 Å². The van der Waals surface area contributed by atoms with Gasteiger partial charge in [0.25, 0.3) is 0 Å². The molecule has 0 amide bonds. The van der Waals surface area contributed by atoms with Crippen molar-refractivity contribution in [3.05, 3.63) is 23.7 Å². The molecule has 2 fully saturated rings. The molecule has 3 rings (SSSR count). The number of fused-ring (bicyclic) bond motifs is 1. The number of nitrogens with zero attached hydrogens (tertiary/aromatic N) is 1. The fraction of sp³-hybridized carbons (Fsp3) is 0.714. The van der Waals surface area contributed by atoms with Gasteiger partial charge in [-0.05, 0) is 37.8 Å². The van der Waals surface area contributed by atoms with E-state index >= 15 is 0 Å². The van der Waals surface area contributed by atoms with Crippen molar-refractivity contribution in [2.75, 3.05) is 6.54 Å². The first-order valence-corrected chi connectivity index (χ1v) is 6.88. The quantitative estimate of drug-likeness (QED) is 0.873. The van der Waals surface area contributed by atoms with Crippen molar-refractivity contribution in [2.24, 2.45) is 11.7 Å². The fourth-order valence-corrected chi connectivity index (χ4v) is 3.57. The molecule has 17 heavy (non-hydrogen) atoms. The Morgan fingerprint density at radius 2 is 2.18 bits per heavy atom. The lowest BCUT2D eigenvalue weighted by atomic mass is 9.85. The molecule has 1 aliphatic carbocycles. The second kappa shape index (κ2) is 4.83. The van der Waals surface area contributed by atoms with Crippen LogP contribution in [0, 0.1) is 5.92 Å². The topological polar surface area (TPSA) is 42.4 Å². The normalized spacial score (nSPS) is 29.5. The van der Waals surface area contributed by atoms with Gasteiger partial charge in [-0.15, -0.1) is 0 Å². The number of rotatable bonds is 3. The highest BCUT2D eigenvalue weighted by molar-refractivity contribution is 5.16. The molecule has 2 unspecified atom stereocenters. The second-order valence-electron chi connectivity index (χ2n) is 5.44. The van der Waals surface area contributed by atoms with E-state index in [4.69, 9.17) is 10.2 Å². The van der Waals surface area contributed by atoms with Gasteiger partial charge in [0.2, 0.25) is 0 Å². The summed E-state index contributed by atoms with van der Waals surface area (Å²) in [4.78, 5) is 2.61. The molecule has 1 saturated heterocycles. The first-order valence-electron chi connectivity index (χ1n) is 6.88. The van der Waals surface area contributed by atoms with E-state index in [1.165, 1.54) is 44.2 Å². The van der Waals surface area contributed by atoms with Crippen molar-refractivity contribution >= 4 is 0 Å². The third-order valence-corrected chi connectivity index (χ3v) is 4.53. The Bertz CT molecular complexity index is 374. The van der Waals surface area contributed by atoms with E-state index < -0.39 is 0 Å². The van der Waals surface area contributed by atoms with Crippen molar-refractivity contribution in [2.45, 2.75) is 51.2 Å². The van der Waals surface area contributed by atoms with E-state index in [1.54, 1.807) is 6.26 Å². The third-order valence-electron chi connectivity index (χ3n) is 4.53. The zero-order valence-corrected chi connectivity index (χ0v) is 10.4. The molecule has 2 aliphatic rings. The van der Waals surface area contributed by atoms with Crippen LogP contribution in [0.3, 0.4) is 0 Å². The maximum Gasteiger partial charge on any atom is 0.122 e. The number of hydrogen-bond acceptors (Lipinski definition) is 3. The summed E-state index contributed by atoms with van der Waals surface area (Å²) in [6, 6.07) is 2.81. The van der Waals surface area contributed by atoms with Crippen LogP contribution < -0.4 is 5.73 Å². The van der Waals surface area contributed by atoms with Crippen molar-refractivity contribution in [3.63, 3.8) is 0 Å². The van der Waals surface area contributed by atoms with Gasteiger partial charge in [0.05, 0.1) is 12.8 Å². The predicted octanol–water partition coefficient (Wildman–Crippen LogP) is 2.50. The lowest BCUT2D eigenvalue weighted by molar-refractivity contribution is 0.165. The van der Waals surface area contributed by atoms with Gasteiger partial charge in [0.1, 0.15) is 5.76 Å². The average molecular weight is 234 g/mol. The summed E-state index contributed by atoms with van der Waals surface area (Å²) in [5.74, 6) is 2.03. The van der Waals surface area contributed by atoms with E-state index in [1.807, 2.05) is 6.07 Å². The molecule has 2 heterocycles. The maximum absolute atomic E-state index is 5.72. The van der Waals surface area contributed by atoms with Crippen LogP contribution in [0.15, 0.2) is 16.7 Å². The number of furan rings is 1. The lowest BCUT2D eigenvalue weighted by Crippen LogP contribution is -2.34. The summed E-state index contributed by atoms with van der Waals surface area (Å²) >= 11 is 0. The Kier molecular flexibility index (Phi) is 3.21. The number of hydrogen-bond donors (Lipinski definition) is 1. The van der Waals surface area contributed by atoms with Gasteiger partial charge in [-0.3, -0.25) is 4.90 Å². The number of nitrogens with two attached hydrogens (primary N) is 1. The van der Waals surface area contributed by atoms with E-state index in [2.05, 4.69) is 4.90 Å². The van der Waals surface area contributed by atoms with E-state index in [0.29, 0.717) is 6.54 Å². The first-order chi connectivity index (χ1) is 8.38. The molecule has 3 heteroatoms. The van der Waals surface area contributed by atoms with Gasteiger partial charge in [0.15, 0.2) is 0 Å². The van der Waals surface area contributed by atoms with Gasteiger partial charge in [0, 0.05) is 18.2 Å². The molecule has 0 bridgehead atoms. The van der Waals surface area contributed by atoms with Crippen LogP contribution in [0.25, 0.3) is 0 Å². The minimum absolute atomic E-state index is 0.591. The summed E-state index contributed by atoms with van der Waals surface area (Å²) in [7, 11) is 0. The molecule has 1 aliphatic heterocycles. The van der Waals surface area contributed by atoms with E-state index in [-0.39, 0.29) is 0 Å². The van der Waals surface area contributed by atoms with Crippen LogP contribution in [0.2, 0.25) is 0 Å². The molecular weight excluding hydrogens is 212 g/mol. The smallest absolute Gasteiger partial charge is 0.122 e. The minimum Gasteiger partial charge on any atom is -0.468 e. The Morgan fingerprint density at radius 3 is 3.06 bits per heavy atom. The van der Waals surface area contributed by atoms with Crippen LogP contribution >= 0.6 is 0 Å². The summed E-state index contributed by atoms with van der Waals surface area (Å²) in [5.41, 5.74) is 6.89. The van der Waals surface area contributed by atoms with Crippen molar-refractivity contribution in [1.29, 1.82) is 0 Å². The monoisotopic (exact) mass is 234 g/mol. The Hall–Kier alpha value is -0.800. The van der Waals surface area contributed by atoms with E-state index in [0.717, 1.165) is 24.3 Å². The lowest BCUT2D eigenvalue weighted by Gasteiger charge is -2.31. The summed E-state index contributed by atoms with van der Waals surface area (Å²) < 4.78 is 5.58.